The van der Waals surface area contributed by atoms with Crippen molar-refractivity contribution in [1.29, 1.82) is 0 Å². The highest BCUT2D eigenvalue weighted by Gasteiger charge is 2.36. The zero-order valence-electron chi connectivity index (χ0n) is 21.4. The average Bonchev–Trinajstić information content (AvgIpc) is 2.91. The smallest absolute Gasteiger partial charge is 0.242 e. The lowest BCUT2D eigenvalue weighted by Gasteiger charge is -2.41. The van der Waals surface area contributed by atoms with Gasteiger partial charge >= 0.3 is 0 Å². The van der Waals surface area contributed by atoms with Crippen LogP contribution in [0.5, 0.6) is 0 Å². The standard InChI is InChI=1S/C26H35ClN4O5S2/c27-24-9-7-19-6-8-21(16-23(19)37-24)38(34,35)28-22-5-3-10-30(26(22)33)18-25(32)31-11-2-1-4-20(31)17-29-12-14-36-15-13-29/h6-9,16,20,22,24,28H,1-5,10-15,17-18H2/t20?,22-,24?/m0/s1. The molecular formula is C26H35ClN4O5S2. The summed E-state index contributed by atoms with van der Waals surface area (Å²) in [6.07, 6.45) is 7.77. The van der Waals surface area contributed by atoms with Crippen molar-refractivity contribution in [3.05, 3.63) is 29.8 Å². The number of alkyl halides is 1. The number of benzene rings is 1. The molecule has 2 amide bonds. The molecule has 1 aromatic carbocycles. The third-order valence-corrected chi connectivity index (χ3v) is 10.5. The number of nitrogens with zero attached hydrogens (tertiary/aromatic N) is 3. The first-order chi connectivity index (χ1) is 18.3. The lowest BCUT2D eigenvalue weighted by atomic mass is 10.0. The van der Waals surface area contributed by atoms with Crippen molar-refractivity contribution < 1.29 is 22.7 Å². The van der Waals surface area contributed by atoms with Crippen LogP contribution in [0.25, 0.3) is 6.08 Å². The monoisotopic (exact) mass is 582 g/mol. The third-order valence-electron chi connectivity index (χ3n) is 7.64. The molecule has 4 heterocycles. The van der Waals surface area contributed by atoms with Crippen LogP contribution in [-0.4, -0.2) is 104 Å². The highest BCUT2D eigenvalue weighted by molar-refractivity contribution is 8.01. The van der Waals surface area contributed by atoms with Gasteiger partial charge in [0.15, 0.2) is 0 Å². The number of morpholine rings is 1. The van der Waals surface area contributed by atoms with Crippen molar-refractivity contribution in [3.63, 3.8) is 0 Å². The minimum atomic E-state index is -3.93. The molecule has 3 fully saturated rings. The van der Waals surface area contributed by atoms with Gasteiger partial charge in [-0.1, -0.05) is 18.2 Å². The van der Waals surface area contributed by atoms with Gasteiger partial charge in [0.2, 0.25) is 21.8 Å². The Labute approximate surface area is 233 Å². The fourth-order valence-corrected chi connectivity index (χ4v) is 8.13. The lowest BCUT2D eigenvalue weighted by molar-refractivity contribution is -0.145. The molecule has 3 saturated heterocycles. The molecule has 0 bridgehead atoms. The number of thioether (sulfide) groups is 1. The van der Waals surface area contributed by atoms with E-state index in [0.29, 0.717) is 25.9 Å². The molecule has 0 aliphatic carbocycles. The number of likely N-dealkylation sites (tertiary alicyclic amines) is 2. The van der Waals surface area contributed by atoms with Crippen molar-refractivity contribution >= 4 is 51.3 Å². The SMILES string of the molecule is O=C1[C@@H](NS(=O)(=O)c2ccc3c(c2)SC(Cl)C=C3)CCCN1CC(=O)N1CCCCC1CN1CCOCC1. The lowest BCUT2D eigenvalue weighted by Crippen LogP contribution is -2.57. The Balaban J connectivity index is 1.22. The largest absolute Gasteiger partial charge is 0.379 e. The van der Waals surface area contributed by atoms with Crippen LogP contribution in [0.15, 0.2) is 34.1 Å². The Kier molecular flexibility index (Phi) is 9.01. The van der Waals surface area contributed by atoms with Gasteiger partial charge in [-0.25, -0.2) is 8.42 Å². The Morgan fingerprint density at radius 1 is 1.11 bits per heavy atom. The highest BCUT2D eigenvalue weighted by atomic mass is 35.5. The molecule has 38 heavy (non-hydrogen) atoms. The first-order valence-electron chi connectivity index (χ1n) is 13.3. The number of piperidine rings is 2. The molecule has 12 heteroatoms. The van der Waals surface area contributed by atoms with Crippen LogP contribution in [0.2, 0.25) is 0 Å². The summed E-state index contributed by atoms with van der Waals surface area (Å²) in [5.41, 5.74) is 0.911. The van der Waals surface area contributed by atoms with Crippen LogP contribution in [0.4, 0.5) is 0 Å². The summed E-state index contributed by atoms with van der Waals surface area (Å²) < 4.78 is 34.2. The first kappa shape index (κ1) is 27.9. The number of ether oxygens (including phenoxy) is 1. The number of carbonyl (C=O) groups is 2. The van der Waals surface area contributed by atoms with Crippen molar-refractivity contribution in [2.75, 3.05) is 52.5 Å². The van der Waals surface area contributed by atoms with Gasteiger partial charge in [-0.15, -0.1) is 23.4 Å². The van der Waals surface area contributed by atoms with E-state index in [0.717, 1.165) is 62.6 Å². The normalized spacial score (nSPS) is 26.9. The Hall–Kier alpha value is -1.63. The summed E-state index contributed by atoms with van der Waals surface area (Å²) >= 11 is 7.56. The van der Waals surface area contributed by atoms with Gasteiger partial charge in [-0.2, -0.15) is 4.72 Å². The molecule has 1 aromatic rings. The van der Waals surface area contributed by atoms with Gasteiger partial charge in [-0.3, -0.25) is 14.5 Å². The molecule has 3 atom stereocenters. The topological polar surface area (TPSA) is 99.3 Å². The Morgan fingerprint density at radius 2 is 1.92 bits per heavy atom. The van der Waals surface area contributed by atoms with Crippen molar-refractivity contribution in [3.8, 4) is 0 Å². The van der Waals surface area contributed by atoms with E-state index in [-0.39, 0.29) is 34.0 Å². The second-order valence-electron chi connectivity index (χ2n) is 10.3. The van der Waals surface area contributed by atoms with Crippen LogP contribution in [0.1, 0.15) is 37.7 Å². The summed E-state index contributed by atoms with van der Waals surface area (Å²) in [7, 11) is -3.93. The maximum absolute atomic E-state index is 13.4. The fourth-order valence-electron chi connectivity index (χ4n) is 5.58. The molecule has 1 N–H and O–H groups in total. The van der Waals surface area contributed by atoms with Crippen LogP contribution in [0.3, 0.4) is 0 Å². The summed E-state index contributed by atoms with van der Waals surface area (Å²) in [6.45, 7) is 5.13. The van der Waals surface area contributed by atoms with E-state index in [4.69, 9.17) is 16.3 Å². The number of hydrogen-bond donors (Lipinski definition) is 1. The van der Waals surface area contributed by atoms with Crippen molar-refractivity contribution in [2.24, 2.45) is 0 Å². The summed E-state index contributed by atoms with van der Waals surface area (Å²) in [6, 6.07) is 4.13. The van der Waals surface area contributed by atoms with E-state index in [1.165, 1.54) is 16.7 Å². The minimum Gasteiger partial charge on any atom is -0.379 e. The number of rotatable bonds is 7. The van der Waals surface area contributed by atoms with Gasteiger partial charge in [0.1, 0.15) is 10.8 Å². The minimum absolute atomic E-state index is 0.0183. The summed E-state index contributed by atoms with van der Waals surface area (Å²) in [5, 5.41) is 0. The number of hydrogen-bond acceptors (Lipinski definition) is 7. The van der Waals surface area contributed by atoms with Crippen molar-refractivity contribution in [1.82, 2.24) is 19.4 Å². The molecule has 0 radical (unpaired) electrons. The van der Waals surface area contributed by atoms with E-state index in [1.54, 1.807) is 18.2 Å². The predicted molar refractivity (Wildman–Crippen MR) is 148 cm³/mol. The average molecular weight is 583 g/mol. The van der Waals surface area contributed by atoms with Gasteiger partial charge in [0.25, 0.3) is 0 Å². The second kappa shape index (κ2) is 12.3. The number of fused-ring (bicyclic) bond motifs is 1. The second-order valence-corrected chi connectivity index (χ2v) is 13.9. The van der Waals surface area contributed by atoms with E-state index >= 15 is 0 Å². The molecule has 208 valence electrons. The summed E-state index contributed by atoms with van der Waals surface area (Å²) in [5.74, 6) is -0.402. The number of halogens is 1. The number of carbonyl (C=O) groups excluding carboxylic acids is 2. The molecule has 4 aliphatic rings. The molecular weight excluding hydrogens is 548 g/mol. The van der Waals surface area contributed by atoms with E-state index in [9.17, 15) is 18.0 Å². The van der Waals surface area contributed by atoms with Crippen LogP contribution in [-0.2, 0) is 24.3 Å². The maximum Gasteiger partial charge on any atom is 0.242 e. The molecule has 2 unspecified atom stereocenters. The Morgan fingerprint density at radius 3 is 2.74 bits per heavy atom. The molecule has 5 rings (SSSR count). The van der Waals surface area contributed by atoms with Gasteiger partial charge in [0.05, 0.1) is 24.7 Å². The number of nitrogens with one attached hydrogen (secondary N) is 1. The fraction of sp³-hybridized carbons (Fsp3) is 0.615. The molecule has 0 aromatic heterocycles. The molecule has 0 saturated carbocycles. The molecule has 9 nitrogen and oxygen atoms in total. The van der Waals surface area contributed by atoms with Crippen LogP contribution in [0, 0.1) is 0 Å². The van der Waals surface area contributed by atoms with Crippen LogP contribution < -0.4 is 4.72 Å². The van der Waals surface area contributed by atoms with Gasteiger partial charge < -0.3 is 14.5 Å². The molecule has 0 spiro atoms. The zero-order chi connectivity index (χ0) is 26.7. The third kappa shape index (κ3) is 6.56. The van der Waals surface area contributed by atoms with Gasteiger partial charge in [-0.05, 0) is 49.8 Å². The predicted octanol–water partition coefficient (Wildman–Crippen LogP) is 2.35. The first-order valence-corrected chi connectivity index (χ1v) is 16.1. The summed E-state index contributed by atoms with van der Waals surface area (Å²) in [4.78, 5) is 33.4. The van der Waals surface area contributed by atoms with Crippen LogP contribution >= 0.6 is 23.4 Å². The number of amides is 2. The zero-order valence-corrected chi connectivity index (χ0v) is 23.8. The number of sulfonamides is 1. The van der Waals surface area contributed by atoms with E-state index < -0.39 is 16.1 Å². The maximum atomic E-state index is 13.4. The van der Waals surface area contributed by atoms with E-state index in [1.807, 2.05) is 17.1 Å². The molecule has 4 aliphatic heterocycles. The van der Waals surface area contributed by atoms with Gasteiger partial charge in [0, 0.05) is 43.7 Å². The quantitative estimate of drug-likeness (QED) is 0.493. The highest BCUT2D eigenvalue weighted by Crippen LogP contribution is 2.36. The van der Waals surface area contributed by atoms with E-state index in [2.05, 4.69) is 9.62 Å². The van der Waals surface area contributed by atoms with Crippen molar-refractivity contribution in [2.45, 2.75) is 58.7 Å². The Bertz CT molecular complexity index is 1170.